The van der Waals surface area contributed by atoms with Gasteiger partial charge in [0.15, 0.2) is 0 Å². The molecule has 0 saturated carbocycles. The summed E-state index contributed by atoms with van der Waals surface area (Å²) in [4.78, 5) is 22.4. The highest BCUT2D eigenvalue weighted by Gasteiger charge is 2.17. The maximum atomic E-state index is 11.6. The largest absolute Gasteiger partial charge is 0.495 e. The summed E-state index contributed by atoms with van der Waals surface area (Å²) >= 11 is 0. The van der Waals surface area contributed by atoms with Crippen molar-refractivity contribution in [2.45, 2.75) is 19.4 Å². The number of carbonyl (C=O) groups excluding carboxylic acids is 1. The van der Waals surface area contributed by atoms with Crippen LogP contribution in [-0.4, -0.2) is 30.3 Å². The minimum atomic E-state index is -1.06. The molecule has 6 heteroatoms. The summed E-state index contributed by atoms with van der Waals surface area (Å²) < 4.78 is 5.07. The number of para-hydroxylation sites is 2. The lowest BCUT2D eigenvalue weighted by molar-refractivity contribution is -0.139. The van der Waals surface area contributed by atoms with Crippen LogP contribution in [-0.2, 0) is 4.79 Å². The van der Waals surface area contributed by atoms with Crippen LogP contribution in [0.4, 0.5) is 10.5 Å². The molecule has 0 spiro atoms. The van der Waals surface area contributed by atoms with E-state index in [-0.39, 0.29) is 0 Å². The predicted octanol–water partition coefficient (Wildman–Crippen LogP) is 1.68. The fraction of sp³-hybridized carbons (Fsp3) is 0.333. The van der Waals surface area contributed by atoms with Crippen LogP contribution in [0.15, 0.2) is 24.3 Å². The van der Waals surface area contributed by atoms with Gasteiger partial charge >= 0.3 is 12.0 Å². The molecule has 0 aliphatic rings. The first-order chi connectivity index (χ1) is 8.58. The van der Waals surface area contributed by atoms with Gasteiger partial charge in [0.1, 0.15) is 11.8 Å². The molecule has 0 aliphatic carbocycles. The van der Waals surface area contributed by atoms with E-state index in [0.717, 1.165) is 0 Å². The lowest BCUT2D eigenvalue weighted by Crippen LogP contribution is -2.42. The van der Waals surface area contributed by atoms with E-state index in [2.05, 4.69) is 10.6 Å². The number of carboxylic acid groups (broad SMARTS) is 1. The number of amides is 2. The number of nitrogens with one attached hydrogen (secondary N) is 2. The third-order valence-electron chi connectivity index (χ3n) is 2.37. The van der Waals surface area contributed by atoms with Crippen molar-refractivity contribution in [2.75, 3.05) is 12.4 Å². The molecule has 0 unspecified atom stereocenters. The Morgan fingerprint density at radius 3 is 2.61 bits per heavy atom. The molecule has 0 fully saturated rings. The van der Waals surface area contributed by atoms with Crippen LogP contribution in [0.25, 0.3) is 0 Å². The first kappa shape index (κ1) is 13.8. The van der Waals surface area contributed by atoms with Crippen LogP contribution in [0.1, 0.15) is 13.3 Å². The zero-order valence-corrected chi connectivity index (χ0v) is 10.3. The number of methoxy groups -OCH3 is 1. The Morgan fingerprint density at radius 2 is 2.06 bits per heavy atom. The number of hydrogen-bond acceptors (Lipinski definition) is 3. The monoisotopic (exact) mass is 252 g/mol. The number of carboxylic acids is 1. The minimum absolute atomic E-state index is 0.314. The average Bonchev–Trinajstić information content (AvgIpc) is 2.36. The Morgan fingerprint density at radius 1 is 1.39 bits per heavy atom. The maximum absolute atomic E-state index is 11.6. The lowest BCUT2D eigenvalue weighted by Gasteiger charge is -2.14. The number of ether oxygens (including phenoxy) is 1. The van der Waals surface area contributed by atoms with E-state index in [0.29, 0.717) is 17.9 Å². The van der Waals surface area contributed by atoms with Crippen molar-refractivity contribution in [2.24, 2.45) is 0 Å². The molecule has 6 nitrogen and oxygen atoms in total. The minimum Gasteiger partial charge on any atom is -0.495 e. The van der Waals surface area contributed by atoms with Crippen molar-refractivity contribution in [1.82, 2.24) is 5.32 Å². The highest BCUT2D eigenvalue weighted by Crippen LogP contribution is 2.22. The van der Waals surface area contributed by atoms with Crippen molar-refractivity contribution in [3.05, 3.63) is 24.3 Å². The van der Waals surface area contributed by atoms with Gasteiger partial charge in [0, 0.05) is 0 Å². The molecule has 0 bridgehead atoms. The summed E-state index contributed by atoms with van der Waals surface area (Å²) in [5.41, 5.74) is 0.484. The van der Waals surface area contributed by atoms with E-state index in [1.165, 1.54) is 7.11 Å². The summed E-state index contributed by atoms with van der Waals surface area (Å²) in [6.45, 7) is 1.68. The predicted molar refractivity (Wildman–Crippen MR) is 66.9 cm³/mol. The Hall–Kier alpha value is -2.24. The summed E-state index contributed by atoms with van der Waals surface area (Å²) in [6.07, 6.45) is 0.314. The summed E-state index contributed by atoms with van der Waals surface area (Å²) in [5.74, 6) is -0.552. The molecular formula is C12H16N2O4. The molecule has 1 aromatic rings. The summed E-state index contributed by atoms with van der Waals surface area (Å²) in [6, 6.07) is 5.40. The van der Waals surface area contributed by atoms with Gasteiger partial charge in [-0.15, -0.1) is 0 Å². The summed E-state index contributed by atoms with van der Waals surface area (Å²) in [7, 11) is 1.49. The normalized spacial score (nSPS) is 11.4. The topological polar surface area (TPSA) is 87.7 Å². The smallest absolute Gasteiger partial charge is 0.326 e. The van der Waals surface area contributed by atoms with Gasteiger partial charge in [-0.1, -0.05) is 19.1 Å². The van der Waals surface area contributed by atoms with Gasteiger partial charge in [-0.2, -0.15) is 0 Å². The molecule has 18 heavy (non-hydrogen) atoms. The Labute approximate surface area is 105 Å². The number of carbonyl (C=O) groups is 2. The second kappa shape index (κ2) is 6.48. The molecule has 0 radical (unpaired) electrons. The molecule has 0 aliphatic heterocycles. The average molecular weight is 252 g/mol. The zero-order valence-electron chi connectivity index (χ0n) is 10.3. The van der Waals surface area contributed by atoms with Gasteiger partial charge < -0.3 is 20.5 Å². The number of hydrogen-bond donors (Lipinski definition) is 3. The van der Waals surface area contributed by atoms with Gasteiger partial charge in [0.2, 0.25) is 0 Å². The fourth-order valence-electron chi connectivity index (χ4n) is 1.40. The first-order valence-corrected chi connectivity index (χ1v) is 5.51. The van der Waals surface area contributed by atoms with Crippen molar-refractivity contribution >= 4 is 17.7 Å². The maximum Gasteiger partial charge on any atom is 0.326 e. The van der Waals surface area contributed by atoms with E-state index in [9.17, 15) is 9.59 Å². The third kappa shape index (κ3) is 3.65. The molecule has 0 heterocycles. The molecule has 1 rings (SSSR count). The van der Waals surface area contributed by atoms with Crippen LogP contribution in [0.2, 0.25) is 0 Å². The Kier molecular flexibility index (Phi) is 4.98. The van der Waals surface area contributed by atoms with Crippen LogP contribution in [0, 0.1) is 0 Å². The van der Waals surface area contributed by atoms with Crippen LogP contribution in [0.5, 0.6) is 5.75 Å². The molecule has 0 aromatic heterocycles. The van der Waals surface area contributed by atoms with E-state index in [4.69, 9.17) is 9.84 Å². The van der Waals surface area contributed by atoms with Crippen LogP contribution >= 0.6 is 0 Å². The van der Waals surface area contributed by atoms with Gasteiger partial charge in [0.05, 0.1) is 12.8 Å². The molecule has 3 N–H and O–H groups in total. The highest BCUT2D eigenvalue weighted by molar-refractivity contribution is 5.93. The lowest BCUT2D eigenvalue weighted by atomic mass is 10.2. The quantitative estimate of drug-likeness (QED) is 0.744. The second-order valence-corrected chi connectivity index (χ2v) is 3.60. The molecule has 1 atom stereocenters. The first-order valence-electron chi connectivity index (χ1n) is 5.51. The molecule has 0 saturated heterocycles. The second-order valence-electron chi connectivity index (χ2n) is 3.60. The van der Waals surface area contributed by atoms with Crippen LogP contribution < -0.4 is 15.4 Å². The van der Waals surface area contributed by atoms with Crippen LogP contribution in [0.3, 0.4) is 0 Å². The SMILES string of the molecule is CC[C@H](NC(=O)Nc1ccccc1OC)C(=O)O. The number of benzene rings is 1. The summed E-state index contributed by atoms with van der Waals surface area (Å²) in [5, 5.41) is 13.7. The molecule has 98 valence electrons. The number of urea groups is 1. The van der Waals surface area contributed by atoms with Crippen molar-refractivity contribution in [1.29, 1.82) is 0 Å². The van der Waals surface area contributed by atoms with Crippen molar-refractivity contribution in [3.63, 3.8) is 0 Å². The molecule has 2 amide bonds. The van der Waals surface area contributed by atoms with E-state index >= 15 is 0 Å². The standard InChI is InChI=1S/C12H16N2O4/c1-3-8(11(15)16)13-12(17)14-9-6-4-5-7-10(9)18-2/h4-8H,3H2,1-2H3,(H,15,16)(H2,13,14,17)/t8-/m0/s1. The number of rotatable bonds is 5. The van der Waals surface area contributed by atoms with E-state index in [1.54, 1.807) is 31.2 Å². The van der Waals surface area contributed by atoms with E-state index < -0.39 is 18.0 Å². The highest BCUT2D eigenvalue weighted by atomic mass is 16.5. The van der Waals surface area contributed by atoms with Crippen molar-refractivity contribution < 1.29 is 19.4 Å². The van der Waals surface area contributed by atoms with E-state index in [1.807, 2.05) is 0 Å². The molecular weight excluding hydrogens is 236 g/mol. The Balaban J connectivity index is 2.67. The Bertz CT molecular complexity index is 434. The molecule has 1 aromatic carbocycles. The zero-order chi connectivity index (χ0) is 13.5. The number of aliphatic carboxylic acids is 1. The van der Waals surface area contributed by atoms with Gasteiger partial charge in [-0.05, 0) is 18.6 Å². The van der Waals surface area contributed by atoms with Gasteiger partial charge in [-0.3, -0.25) is 0 Å². The van der Waals surface area contributed by atoms with Crippen molar-refractivity contribution in [3.8, 4) is 5.75 Å². The number of anilines is 1. The third-order valence-corrected chi connectivity index (χ3v) is 2.37. The van der Waals surface area contributed by atoms with Gasteiger partial charge in [0.25, 0.3) is 0 Å². The van der Waals surface area contributed by atoms with Gasteiger partial charge in [-0.25, -0.2) is 9.59 Å². The fourth-order valence-corrected chi connectivity index (χ4v) is 1.40.